The first-order valence-corrected chi connectivity index (χ1v) is 20.6. The molecule has 1 aliphatic heterocycles. The molecule has 322 valence electrons. The number of phenols is 2. The Morgan fingerprint density at radius 1 is 0.719 bits per heavy atom. The number of unbranched alkanes of at least 4 members (excludes halogenated alkanes) is 9. The van der Waals surface area contributed by atoms with Gasteiger partial charge in [-0.2, -0.15) is 0 Å². The van der Waals surface area contributed by atoms with Gasteiger partial charge in [-0.05, 0) is 108 Å². The molecule has 1 saturated heterocycles. The van der Waals surface area contributed by atoms with Crippen LogP contribution in [0.2, 0.25) is 0 Å². The van der Waals surface area contributed by atoms with E-state index in [-0.39, 0.29) is 35.6 Å². The number of carboxylic acids is 1. The molecule has 0 radical (unpaired) electrons. The number of phenolic OH excluding ortho intramolecular Hbond substituents is 2. The molecule has 1 aromatic rings. The summed E-state index contributed by atoms with van der Waals surface area (Å²) in [6, 6.07) is 4.59. The molecule has 0 spiro atoms. The average molecular weight is 806 g/mol. The number of allylic oxidation sites excluding steroid dienone is 4. The van der Waals surface area contributed by atoms with E-state index in [1.54, 1.807) is 6.07 Å². The second-order valence-electron chi connectivity index (χ2n) is 14.7. The number of nitrogens with one attached hydrogen (secondary N) is 1. The summed E-state index contributed by atoms with van der Waals surface area (Å²) >= 11 is 0. The number of carbonyl (C=O) groups excluding carboxylic acids is 3. The number of aliphatic hydroxyl groups excluding tert-OH is 3. The number of benzene rings is 1. The van der Waals surface area contributed by atoms with Crippen molar-refractivity contribution in [2.75, 3.05) is 20.3 Å². The second-order valence-corrected chi connectivity index (χ2v) is 14.7. The highest BCUT2D eigenvalue weighted by molar-refractivity contribution is 5.80. The van der Waals surface area contributed by atoms with E-state index < -0.39 is 42.8 Å². The van der Waals surface area contributed by atoms with Crippen LogP contribution >= 0.6 is 0 Å². The number of carboxylic acid groups (broad SMARTS) is 1. The number of rotatable bonds is 32. The minimum absolute atomic E-state index is 0.178. The molecular formula is C43H67NO13. The third-order valence-corrected chi connectivity index (χ3v) is 9.93. The van der Waals surface area contributed by atoms with Gasteiger partial charge in [-0.3, -0.25) is 14.4 Å². The molecule has 14 heteroatoms. The summed E-state index contributed by atoms with van der Waals surface area (Å²) in [5, 5.41) is 60.5. The molecule has 6 atom stereocenters. The highest BCUT2D eigenvalue weighted by Gasteiger charge is 2.47. The van der Waals surface area contributed by atoms with E-state index in [0.29, 0.717) is 57.9 Å². The molecule has 1 unspecified atom stereocenters. The van der Waals surface area contributed by atoms with Crippen molar-refractivity contribution in [2.45, 2.75) is 165 Å². The highest BCUT2D eigenvalue weighted by Crippen LogP contribution is 2.25. The van der Waals surface area contributed by atoms with Crippen LogP contribution in [0.15, 0.2) is 42.5 Å². The molecule has 14 nitrogen and oxygen atoms in total. The molecule has 1 aromatic carbocycles. The standard InChI is InChI=1S/C43H67NO13/c1-55-36(41(52)44-28-27-31-25-26-34(47)35(48)30-31)24-18-11-7-6-10-15-21-33(46)23-17-13-16-22-32(45)20-14-9-5-3-2-4-8-12-19-29-56-43-39(51)37(49)38(50)40(57-43)42(53)54/h2-3,7,11,25-26,30,36-40,43,47-51H,4-6,8-10,12-24,27-29H2,1H3,(H,44,52)(H,53,54)/b3-2-,11-7-/t36?,37-,38-,39+,40-,43+/m1/s1. The van der Waals surface area contributed by atoms with E-state index >= 15 is 0 Å². The van der Waals surface area contributed by atoms with Crippen LogP contribution in [0.1, 0.15) is 128 Å². The lowest BCUT2D eigenvalue weighted by Crippen LogP contribution is -2.60. The lowest BCUT2D eigenvalue weighted by atomic mass is 9.99. The zero-order chi connectivity index (χ0) is 41.8. The van der Waals surface area contributed by atoms with Gasteiger partial charge in [0, 0.05) is 45.9 Å². The predicted molar refractivity (Wildman–Crippen MR) is 214 cm³/mol. The maximum atomic E-state index is 12.4. The molecule has 0 bridgehead atoms. The van der Waals surface area contributed by atoms with E-state index in [9.17, 15) is 44.7 Å². The lowest BCUT2D eigenvalue weighted by Gasteiger charge is -2.38. The third kappa shape index (κ3) is 21.1. The molecular weight excluding hydrogens is 738 g/mol. The summed E-state index contributed by atoms with van der Waals surface area (Å²) in [4.78, 5) is 48.1. The van der Waals surface area contributed by atoms with Gasteiger partial charge in [0.1, 0.15) is 36.0 Å². The van der Waals surface area contributed by atoms with Crippen LogP contribution in [0.5, 0.6) is 11.5 Å². The molecule has 1 amide bonds. The fraction of sp³-hybridized carbons (Fsp3) is 0.674. The summed E-state index contributed by atoms with van der Waals surface area (Å²) in [6.45, 7) is 0.611. The normalized spacial score (nSPS) is 20.2. The van der Waals surface area contributed by atoms with Crippen molar-refractivity contribution < 1.29 is 64.0 Å². The predicted octanol–water partition coefficient (Wildman–Crippen LogP) is 5.34. The fourth-order valence-corrected chi connectivity index (χ4v) is 6.41. The minimum atomic E-state index is -1.73. The molecule has 1 heterocycles. The Morgan fingerprint density at radius 3 is 1.82 bits per heavy atom. The summed E-state index contributed by atoms with van der Waals surface area (Å²) in [5.41, 5.74) is 0.802. The maximum Gasteiger partial charge on any atom is 0.335 e. The summed E-state index contributed by atoms with van der Waals surface area (Å²) in [6.07, 6.45) is 15.2. The number of methoxy groups -OCH3 is 1. The van der Waals surface area contributed by atoms with E-state index in [0.717, 1.165) is 82.6 Å². The number of ketones is 2. The van der Waals surface area contributed by atoms with Crippen LogP contribution in [0.3, 0.4) is 0 Å². The summed E-state index contributed by atoms with van der Waals surface area (Å²) in [5.74, 6) is -1.44. The first-order chi connectivity index (χ1) is 27.4. The highest BCUT2D eigenvalue weighted by atomic mass is 16.7. The molecule has 57 heavy (non-hydrogen) atoms. The van der Waals surface area contributed by atoms with Crippen LogP contribution < -0.4 is 5.32 Å². The molecule has 7 N–H and O–H groups in total. The van der Waals surface area contributed by atoms with Gasteiger partial charge < -0.3 is 50.2 Å². The van der Waals surface area contributed by atoms with Crippen molar-refractivity contribution in [3.05, 3.63) is 48.1 Å². The molecule has 1 aliphatic rings. The Hall–Kier alpha value is -3.66. The van der Waals surface area contributed by atoms with Crippen molar-refractivity contribution in [1.29, 1.82) is 0 Å². The second kappa shape index (κ2) is 29.5. The first kappa shape index (κ1) is 49.5. The van der Waals surface area contributed by atoms with Crippen molar-refractivity contribution >= 4 is 23.4 Å². The van der Waals surface area contributed by atoms with Gasteiger partial charge in [0.15, 0.2) is 23.9 Å². The van der Waals surface area contributed by atoms with E-state index in [4.69, 9.17) is 19.3 Å². The number of ether oxygens (including phenoxy) is 3. The van der Waals surface area contributed by atoms with E-state index in [2.05, 4.69) is 23.5 Å². The Morgan fingerprint density at radius 2 is 1.26 bits per heavy atom. The van der Waals surface area contributed by atoms with Gasteiger partial charge in [0.2, 0.25) is 5.91 Å². The van der Waals surface area contributed by atoms with E-state index in [1.165, 1.54) is 19.2 Å². The zero-order valence-corrected chi connectivity index (χ0v) is 33.6. The van der Waals surface area contributed by atoms with E-state index in [1.807, 2.05) is 6.08 Å². The largest absolute Gasteiger partial charge is 0.504 e. The number of amides is 1. The lowest BCUT2D eigenvalue weighted by molar-refractivity contribution is -0.294. The monoisotopic (exact) mass is 805 g/mol. The van der Waals surface area contributed by atoms with Gasteiger partial charge in [-0.1, -0.05) is 43.2 Å². The zero-order valence-electron chi connectivity index (χ0n) is 33.6. The van der Waals surface area contributed by atoms with Gasteiger partial charge in [-0.15, -0.1) is 0 Å². The molecule has 0 saturated carbocycles. The molecule has 0 aromatic heterocycles. The first-order valence-electron chi connectivity index (χ1n) is 20.6. The van der Waals surface area contributed by atoms with Crippen molar-refractivity contribution in [3.8, 4) is 11.5 Å². The quantitative estimate of drug-likeness (QED) is 0.0277. The van der Waals surface area contributed by atoms with Gasteiger partial charge in [0.05, 0.1) is 0 Å². The van der Waals surface area contributed by atoms with Crippen LogP contribution in [-0.4, -0.2) is 111 Å². The Bertz CT molecular complexity index is 1380. The number of aliphatic carboxylic acids is 1. The Balaban J connectivity index is 1.36. The minimum Gasteiger partial charge on any atom is -0.504 e. The molecule has 1 fully saturated rings. The Kier molecular flexibility index (Phi) is 25.6. The topological polar surface area (TPSA) is 229 Å². The van der Waals surface area contributed by atoms with Gasteiger partial charge in [-0.25, -0.2) is 4.79 Å². The van der Waals surface area contributed by atoms with Crippen LogP contribution in [0.4, 0.5) is 0 Å². The number of aromatic hydroxyl groups is 2. The van der Waals surface area contributed by atoms with Crippen LogP contribution in [0.25, 0.3) is 0 Å². The van der Waals surface area contributed by atoms with Crippen molar-refractivity contribution in [2.24, 2.45) is 0 Å². The number of Topliss-reactive ketones (excluding diaryl/α,β-unsaturated/α-hetero) is 2. The van der Waals surface area contributed by atoms with Crippen LogP contribution in [0, 0.1) is 0 Å². The van der Waals surface area contributed by atoms with Crippen molar-refractivity contribution in [1.82, 2.24) is 5.32 Å². The Labute approximate surface area is 337 Å². The third-order valence-electron chi connectivity index (χ3n) is 9.93. The van der Waals surface area contributed by atoms with Crippen molar-refractivity contribution in [3.63, 3.8) is 0 Å². The number of hydrogen-bond acceptors (Lipinski definition) is 12. The van der Waals surface area contributed by atoms with Crippen LogP contribution in [-0.2, 0) is 39.8 Å². The van der Waals surface area contributed by atoms with Gasteiger partial charge in [0.25, 0.3) is 0 Å². The summed E-state index contributed by atoms with van der Waals surface area (Å²) in [7, 11) is 1.51. The average Bonchev–Trinajstić information content (AvgIpc) is 3.18. The van der Waals surface area contributed by atoms with Gasteiger partial charge >= 0.3 is 5.97 Å². The number of aliphatic hydroxyl groups is 3. The summed E-state index contributed by atoms with van der Waals surface area (Å²) < 4.78 is 15.8. The number of carbonyl (C=O) groups is 4. The molecule has 0 aliphatic carbocycles. The smallest absolute Gasteiger partial charge is 0.335 e. The number of hydrogen-bond donors (Lipinski definition) is 7. The molecule has 2 rings (SSSR count). The SMILES string of the molecule is COC(CC/C=C\CCCCC(=O)CCCCCC(=O)CCCC/C=C\CCCCCO[C@H]1O[C@@H](C(=O)O)[C@H](O)[C@@H](O)[C@@H]1O)C(=O)NCCc1ccc(O)c(O)c1. The maximum absolute atomic E-state index is 12.4. The fourth-order valence-electron chi connectivity index (χ4n) is 6.41.